The van der Waals surface area contributed by atoms with Crippen molar-refractivity contribution in [2.75, 3.05) is 50.0 Å². The van der Waals surface area contributed by atoms with Crippen LogP contribution in [0.2, 0.25) is 0 Å². The summed E-state index contributed by atoms with van der Waals surface area (Å²) < 4.78 is 7.40. The second-order valence-electron chi connectivity index (χ2n) is 7.27. The summed E-state index contributed by atoms with van der Waals surface area (Å²) in [5.74, 6) is 1.20. The molecule has 1 aliphatic rings. The molecule has 0 radical (unpaired) electrons. The van der Waals surface area contributed by atoms with E-state index in [0.29, 0.717) is 11.8 Å². The van der Waals surface area contributed by atoms with Gasteiger partial charge in [-0.15, -0.1) is 0 Å². The van der Waals surface area contributed by atoms with Gasteiger partial charge in [-0.25, -0.2) is 4.98 Å². The highest BCUT2D eigenvalue weighted by molar-refractivity contribution is 5.85. The molecule has 31 heavy (non-hydrogen) atoms. The molecule has 158 valence electrons. The van der Waals surface area contributed by atoms with Gasteiger partial charge in [0, 0.05) is 38.1 Å². The molecule has 1 aromatic carbocycles. The number of morpholine rings is 1. The Labute approximate surface area is 180 Å². The van der Waals surface area contributed by atoms with Crippen LogP contribution in [0.25, 0.3) is 16.9 Å². The molecule has 4 heterocycles. The molecule has 3 aromatic heterocycles. The number of nitrogens with one attached hydrogen (secondary N) is 2. The number of benzene rings is 1. The van der Waals surface area contributed by atoms with Crippen LogP contribution in [0.5, 0.6) is 0 Å². The number of aromatic nitrogens is 5. The second-order valence-corrected chi connectivity index (χ2v) is 7.27. The van der Waals surface area contributed by atoms with Gasteiger partial charge in [-0.3, -0.25) is 14.5 Å². The van der Waals surface area contributed by atoms with E-state index in [2.05, 4.69) is 25.5 Å². The minimum Gasteiger partial charge on any atom is -0.379 e. The van der Waals surface area contributed by atoms with E-state index in [0.717, 1.165) is 61.9 Å². The summed E-state index contributed by atoms with van der Waals surface area (Å²) in [6.45, 7) is 5.17. The lowest BCUT2D eigenvalue weighted by molar-refractivity contribution is 0.0398. The van der Waals surface area contributed by atoms with E-state index in [9.17, 15) is 0 Å². The quantitative estimate of drug-likeness (QED) is 0.475. The Morgan fingerprint density at radius 1 is 1.00 bits per heavy atom. The van der Waals surface area contributed by atoms with Crippen LogP contribution in [0.4, 0.5) is 17.5 Å². The van der Waals surface area contributed by atoms with E-state index in [1.165, 1.54) is 0 Å². The molecule has 9 heteroatoms. The van der Waals surface area contributed by atoms with E-state index in [4.69, 9.17) is 14.7 Å². The van der Waals surface area contributed by atoms with E-state index < -0.39 is 0 Å². The number of ether oxygens (including phenoxy) is 1. The lowest BCUT2D eigenvalue weighted by Gasteiger charge is -2.26. The summed E-state index contributed by atoms with van der Waals surface area (Å²) in [6, 6.07) is 13.9. The van der Waals surface area contributed by atoms with Crippen molar-refractivity contribution in [2.24, 2.45) is 0 Å². The zero-order chi connectivity index (χ0) is 20.9. The number of nitrogens with zero attached hydrogens (tertiary/aromatic N) is 6. The minimum absolute atomic E-state index is 0.493. The molecule has 4 aromatic rings. The average molecular weight is 416 g/mol. The number of hydrogen-bond donors (Lipinski definition) is 2. The Bertz CT molecular complexity index is 1130. The van der Waals surface area contributed by atoms with Crippen LogP contribution in [-0.4, -0.2) is 68.8 Å². The van der Waals surface area contributed by atoms with Crippen molar-refractivity contribution < 1.29 is 4.74 Å². The van der Waals surface area contributed by atoms with Gasteiger partial charge >= 0.3 is 0 Å². The van der Waals surface area contributed by atoms with Crippen molar-refractivity contribution in [2.45, 2.75) is 0 Å². The first-order valence-corrected chi connectivity index (χ1v) is 10.4. The lowest BCUT2D eigenvalue weighted by atomic mass is 10.3. The average Bonchev–Trinajstić information content (AvgIpc) is 3.25. The third-order valence-electron chi connectivity index (χ3n) is 5.17. The molecule has 1 saturated heterocycles. The maximum atomic E-state index is 5.43. The lowest BCUT2D eigenvalue weighted by Crippen LogP contribution is -2.39. The van der Waals surface area contributed by atoms with E-state index in [-0.39, 0.29) is 0 Å². The van der Waals surface area contributed by atoms with Crippen LogP contribution in [0.15, 0.2) is 61.2 Å². The zero-order valence-corrected chi connectivity index (χ0v) is 17.1. The van der Waals surface area contributed by atoms with Crippen LogP contribution in [-0.2, 0) is 4.74 Å². The predicted octanol–water partition coefficient (Wildman–Crippen LogP) is 2.70. The molecule has 0 atom stereocenters. The molecular formula is C22H24N8O. The third-order valence-corrected chi connectivity index (χ3v) is 5.17. The molecule has 0 saturated carbocycles. The Balaban J connectivity index is 1.46. The molecule has 0 aliphatic carbocycles. The summed E-state index contributed by atoms with van der Waals surface area (Å²) in [5.41, 5.74) is 3.30. The number of anilines is 3. The van der Waals surface area contributed by atoms with Crippen molar-refractivity contribution >= 4 is 28.6 Å². The maximum absolute atomic E-state index is 5.43. The van der Waals surface area contributed by atoms with E-state index in [1.54, 1.807) is 18.7 Å². The summed E-state index contributed by atoms with van der Waals surface area (Å²) in [5, 5.41) is 6.71. The maximum Gasteiger partial charge on any atom is 0.231 e. The zero-order valence-electron chi connectivity index (χ0n) is 17.1. The summed E-state index contributed by atoms with van der Waals surface area (Å²) in [4.78, 5) is 20.6. The highest BCUT2D eigenvalue weighted by Gasteiger charge is 2.15. The second kappa shape index (κ2) is 9.07. The molecule has 0 bridgehead atoms. The van der Waals surface area contributed by atoms with Gasteiger partial charge in [0.25, 0.3) is 0 Å². The van der Waals surface area contributed by atoms with Crippen LogP contribution < -0.4 is 10.6 Å². The van der Waals surface area contributed by atoms with Crippen LogP contribution in [0.3, 0.4) is 0 Å². The van der Waals surface area contributed by atoms with Crippen molar-refractivity contribution in [3.8, 4) is 5.69 Å². The fourth-order valence-electron chi connectivity index (χ4n) is 3.58. The fourth-order valence-corrected chi connectivity index (χ4v) is 3.58. The third kappa shape index (κ3) is 4.47. The Hall–Kier alpha value is -3.56. The summed E-state index contributed by atoms with van der Waals surface area (Å²) >= 11 is 0. The normalized spacial score (nSPS) is 14.6. The first-order chi connectivity index (χ1) is 15.4. The molecule has 2 N–H and O–H groups in total. The van der Waals surface area contributed by atoms with Crippen molar-refractivity contribution in [3.05, 3.63) is 61.2 Å². The number of fused-ring (bicyclic) bond motifs is 1. The number of imidazole rings is 1. The molecule has 9 nitrogen and oxygen atoms in total. The largest absolute Gasteiger partial charge is 0.379 e. The van der Waals surface area contributed by atoms with E-state index >= 15 is 0 Å². The smallest absolute Gasteiger partial charge is 0.231 e. The molecule has 0 unspecified atom stereocenters. The Kier molecular flexibility index (Phi) is 5.68. The standard InChI is InChI=1S/C22H24N8O/c1-2-6-18(7-3-1)30-16-25-19-20(24-9-10-29-11-13-31-14-12-29)27-22(28-21(19)30)26-17-5-4-8-23-15-17/h1-8,15-16H,9-14H2,(H2,24,26,27,28). The molecule has 1 aliphatic heterocycles. The monoisotopic (exact) mass is 416 g/mol. The van der Waals surface area contributed by atoms with Crippen LogP contribution in [0, 0.1) is 0 Å². The molecule has 1 fully saturated rings. The van der Waals surface area contributed by atoms with Crippen LogP contribution in [0.1, 0.15) is 0 Å². The van der Waals surface area contributed by atoms with Gasteiger partial charge in [0.05, 0.1) is 25.1 Å². The van der Waals surface area contributed by atoms with Crippen LogP contribution >= 0.6 is 0 Å². The Morgan fingerprint density at radius 3 is 2.68 bits per heavy atom. The minimum atomic E-state index is 0.493. The van der Waals surface area contributed by atoms with Gasteiger partial charge in [0.15, 0.2) is 17.0 Å². The van der Waals surface area contributed by atoms with Gasteiger partial charge in [-0.05, 0) is 24.3 Å². The van der Waals surface area contributed by atoms with Crippen molar-refractivity contribution in [3.63, 3.8) is 0 Å². The molecular weight excluding hydrogens is 392 g/mol. The first kappa shape index (κ1) is 19.4. The highest BCUT2D eigenvalue weighted by Crippen LogP contribution is 2.24. The van der Waals surface area contributed by atoms with Gasteiger partial charge in [0.2, 0.25) is 5.95 Å². The number of pyridine rings is 1. The summed E-state index contributed by atoms with van der Waals surface area (Å²) in [7, 11) is 0. The Morgan fingerprint density at radius 2 is 1.87 bits per heavy atom. The topological polar surface area (TPSA) is 93.0 Å². The molecule has 5 rings (SSSR count). The van der Waals surface area contributed by atoms with Gasteiger partial charge in [0.1, 0.15) is 6.33 Å². The highest BCUT2D eigenvalue weighted by atomic mass is 16.5. The van der Waals surface area contributed by atoms with E-state index in [1.807, 2.05) is 47.0 Å². The van der Waals surface area contributed by atoms with Gasteiger partial charge in [-0.1, -0.05) is 18.2 Å². The SMILES string of the molecule is c1ccc(-n2cnc3c(NCCN4CCOCC4)nc(Nc4cccnc4)nc32)cc1. The van der Waals surface area contributed by atoms with Gasteiger partial charge in [-0.2, -0.15) is 9.97 Å². The fraction of sp³-hybridized carbons (Fsp3) is 0.273. The number of rotatable bonds is 7. The molecule has 0 amide bonds. The predicted molar refractivity (Wildman–Crippen MR) is 120 cm³/mol. The number of hydrogen-bond acceptors (Lipinski definition) is 8. The molecule has 0 spiro atoms. The van der Waals surface area contributed by atoms with Crippen molar-refractivity contribution in [1.82, 2.24) is 29.4 Å². The summed E-state index contributed by atoms with van der Waals surface area (Å²) in [6.07, 6.45) is 5.27. The first-order valence-electron chi connectivity index (χ1n) is 10.4. The van der Waals surface area contributed by atoms with Gasteiger partial charge < -0.3 is 15.4 Å². The number of para-hydroxylation sites is 1. The van der Waals surface area contributed by atoms with Crippen molar-refractivity contribution in [1.29, 1.82) is 0 Å².